The van der Waals surface area contributed by atoms with Crippen molar-refractivity contribution in [3.05, 3.63) is 63.7 Å². The van der Waals surface area contributed by atoms with Crippen LogP contribution in [0.5, 0.6) is 0 Å². The molecule has 3 rings (SSSR count). The molecule has 0 saturated heterocycles. The SMILES string of the molecule is Cc1cc(C)c(N2CCCN=C2c2ccccc2Cl)c(C)c1. The fourth-order valence-electron chi connectivity index (χ4n) is 3.29. The monoisotopic (exact) mass is 312 g/mol. The Bertz CT molecular complexity index is 711. The molecule has 1 heterocycles. The van der Waals surface area contributed by atoms with Crippen LogP contribution in [0.25, 0.3) is 0 Å². The second kappa shape index (κ2) is 6.13. The molecule has 1 aliphatic heterocycles. The molecule has 2 aromatic carbocycles. The molecule has 0 atom stereocenters. The highest BCUT2D eigenvalue weighted by Crippen LogP contribution is 2.31. The number of amidine groups is 1. The van der Waals surface area contributed by atoms with Gasteiger partial charge in [-0.2, -0.15) is 0 Å². The molecule has 0 aliphatic carbocycles. The molecule has 0 N–H and O–H groups in total. The average molecular weight is 313 g/mol. The zero-order chi connectivity index (χ0) is 15.7. The topological polar surface area (TPSA) is 15.6 Å². The summed E-state index contributed by atoms with van der Waals surface area (Å²) in [6.07, 6.45) is 1.07. The number of benzene rings is 2. The van der Waals surface area contributed by atoms with E-state index in [0.29, 0.717) is 0 Å². The van der Waals surface area contributed by atoms with Crippen molar-refractivity contribution in [2.75, 3.05) is 18.0 Å². The Morgan fingerprint density at radius 1 is 1.05 bits per heavy atom. The summed E-state index contributed by atoms with van der Waals surface area (Å²) < 4.78 is 0. The van der Waals surface area contributed by atoms with Crippen LogP contribution in [0.2, 0.25) is 5.02 Å². The minimum absolute atomic E-state index is 0.760. The third-order valence-corrected chi connectivity index (χ3v) is 4.41. The lowest BCUT2D eigenvalue weighted by atomic mass is 10.0. The van der Waals surface area contributed by atoms with Crippen molar-refractivity contribution in [1.29, 1.82) is 0 Å². The molecule has 2 nitrogen and oxygen atoms in total. The van der Waals surface area contributed by atoms with Crippen LogP contribution in [-0.2, 0) is 0 Å². The molecule has 114 valence electrons. The van der Waals surface area contributed by atoms with Crippen molar-refractivity contribution in [3.8, 4) is 0 Å². The number of halogens is 1. The number of hydrogen-bond donors (Lipinski definition) is 0. The first kappa shape index (κ1) is 15.1. The van der Waals surface area contributed by atoms with Crippen LogP contribution in [0.1, 0.15) is 28.7 Å². The minimum atomic E-state index is 0.760. The third kappa shape index (κ3) is 2.76. The Balaban J connectivity index is 2.12. The molecule has 0 unspecified atom stereocenters. The smallest absolute Gasteiger partial charge is 0.136 e. The van der Waals surface area contributed by atoms with Gasteiger partial charge in [0.1, 0.15) is 5.84 Å². The summed E-state index contributed by atoms with van der Waals surface area (Å²) in [7, 11) is 0. The predicted octanol–water partition coefficient (Wildman–Crippen LogP) is 4.92. The molecule has 0 fully saturated rings. The van der Waals surface area contributed by atoms with Crippen LogP contribution in [-0.4, -0.2) is 18.9 Å². The van der Waals surface area contributed by atoms with Crippen molar-refractivity contribution in [2.24, 2.45) is 4.99 Å². The molecule has 2 aromatic rings. The molecule has 0 saturated carbocycles. The Morgan fingerprint density at radius 3 is 2.41 bits per heavy atom. The van der Waals surface area contributed by atoms with E-state index in [0.717, 1.165) is 35.9 Å². The second-order valence-electron chi connectivity index (χ2n) is 5.94. The molecule has 0 spiro atoms. The molecule has 0 bridgehead atoms. The van der Waals surface area contributed by atoms with Crippen LogP contribution in [0.4, 0.5) is 5.69 Å². The van der Waals surface area contributed by atoms with Crippen molar-refractivity contribution in [2.45, 2.75) is 27.2 Å². The lowest BCUT2D eigenvalue weighted by Crippen LogP contribution is -2.37. The summed E-state index contributed by atoms with van der Waals surface area (Å²) in [5, 5.41) is 0.760. The highest BCUT2D eigenvalue weighted by atomic mass is 35.5. The summed E-state index contributed by atoms with van der Waals surface area (Å²) >= 11 is 6.41. The molecule has 3 heteroatoms. The third-order valence-electron chi connectivity index (χ3n) is 4.08. The molecule has 0 radical (unpaired) electrons. The van der Waals surface area contributed by atoms with E-state index in [-0.39, 0.29) is 0 Å². The van der Waals surface area contributed by atoms with Gasteiger partial charge in [0.25, 0.3) is 0 Å². The van der Waals surface area contributed by atoms with Crippen molar-refractivity contribution >= 4 is 23.1 Å². The van der Waals surface area contributed by atoms with Gasteiger partial charge in [-0.15, -0.1) is 0 Å². The van der Waals surface area contributed by atoms with E-state index in [4.69, 9.17) is 16.6 Å². The normalized spacial score (nSPS) is 14.9. The van der Waals surface area contributed by atoms with E-state index >= 15 is 0 Å². The van der Waals surface area contributed by atoms with Crippen LogP contribution in [0.3, 0.4) is 0 Å². The molecular weight excluding hydrogens is 292 g/mol. The van der Waals surface area contributed by atoms with Crippen LogP contribution < -0.4 is 4.90 Å². The lowest BCUT2D eigenvalue weighted by Gasteiger charge is -2.32. The predicted molar refractivity (Wildman–Crippen MR) is 95.5 cm³/mol. The summed E-state index contributed by atoms with van der Waals surface area (Å²) in [5.41, 5.74) is 6.16. The maximum atomic E-state index is 6.41. The molecule has 0 aromatic heterocycles. The molecule has 22 heavy (non-hydrogen) atoms. The Kier molecular flexibility index (Phi) is 4.21. The van der Waals surface area contributed by atoms with Crippen molar-refractivity contribution in [3.63, 3.8) is 0 Å². The lowest BCUT2D eigenvalue weighted by molar-refractivity contribution is 0.787. The fourth-order valence-corrected chi connectivity index (χ4v) is 3.51. The Morgan fingerprint density at radius 2 is 1.73 bits per heavy atom. The summed E-state index contributed by atoms with van der Waals surface area (Å²) in [6.45, 7) is 8.33. The van der Waals surface area contributed by atoms with Gasteiger partial charge in [0.15, 0.2) is 0 Å². The van der Waals surface area contributed by atoms with Gasteiger partial charge >= 0.3 is 0 Å². The first-order chi connectivity index (χ1) is 10.6. The summed E-state index contributed by atoms with van der Waals surface area (Å²) in [6, 6.07) is 12.4. The van der Waals surface area contributed by atoms with Crippen molar-refractivity contribution in [1.82, 2.24) is 0 Å². The number of hydrogen-bond acceptors (Lipinski definition) is 2. The van der Waals surface area contributed by atoms with Gasteiger partial charge in [-0.25, -0.2) is 0 Å². The second-order valence-corrected chi connectivity index (χ2v) is 6.34. The highest BCUT2D eigenvalue weighted by Gasteiger charge is 2.23. The van der Waals surface area contributed by atoms with Gasteiger partial charge < -0.3 is 4.90 Å². The zero-order valence-electron chi connectivity index (χ0n) is 13.4. The van der Waals surface area contributed by atoms with E-state index < -0.39 is 0 Å². The summed E-state index contributed by atoms with van der Waals surface area (Å²) in [4.78, 5) is 7.11. The molecule has 1 aliphatic rings. The number of anilines is 1. The van der Waals surface area contributed by atoms with Crippen molar-refractivity contribution < 1.29 is 0 Å². The first-order valence-electron chi connectivity index (χ1n) is 7.72. The Labute approximate surface area is 137 Å². The fraction of sp³-hybridized carbons (Fsp3) is 0.316. The quantitative estimate of drug-likeness (QED) is 0.768. The van der Waals surface area contributed by atoms with E-state index in [1.165, 1.54) is 22.4 Å². The summed E-state index contributed by atoms with van der Waals surface area (Å²) in [5.74, 6) is 0.993. The van der Waals surface area contributed by atoms with Gasteiger partial charge in [0.05, 0.1) is 5.02 Å². The van der Waals surface area contributed by atoms with E-state index in [9.17, 15) is 0 Å². The van der Waals surface area contributed by atoms with Gasteiger partial charge in [-0.1, -0.05) is 41.4 Å². The van der Waals surface area contributed by atoms with Crippen LogP contribution in [0, 0.1) is 20.8 Å². The van der Waals surface area contributed by atoms with Gasteiger partial charge in [0.2, 0.25) is 0 Å². The van der Waals surface area contributed by atoms with Gasteiger partial charge in [0, 0.05) is 24.3 Å². The number of rotatable bonds is 2. The largest absolute Gasteiger partial charge is 0.326 e. The van der Waals surface area contributed by atoms with Crippen LogP contribution >= 0.6 is 11.6 Å². The maximum absolute atomic E-state index is 6.41. The number of aryl methyl sites for hydroxylation is 3. The van der Waals surface area contributed by atoms with Gasteiger partial charge in [-0.05, 0) is 50.5 Å². The molecule has 0 amide bonds. The van der Waals surface area contributed by atoms with E-state index in [1.807, 2.05) is 18.2 Å². The van der Waals surface area contributed by atoms with E-state index in [1.54, 1.807) is 0 Å². The minimum Gasteiger partial charge on any atom is -0.326 e. The van der Waals surface area contributed by atoms with Gasteiger partial charge in [-0.3, -0.25) is 4.99 Å². The Hall–Kier alpha value is -1.80. The first-order valence-corrected chi connectivity index (χ1v) is 8.10. The highest BCUT2D eigenvalue weighted by molar-refractivity contribution is 6.35. The maximum Gasteiger partial charge on any atom is 0.136 e. The zero-order valence-corrected chi connectivity index (χ0v) is 14.1. The van der Waals surface area contributed by atoms with Crippen LogP contribution in [0.15, 0.2) is 41.4 Å². The molecular formula is C19H21ClN2. The standard InChI is InChI=1S/C19H21ClN2/c1-13-11-14(2)18(15(3)12-13)22-10-6-9-21-19(22)16-7-4-5-8-17(16)20/h4-5,7-8,11-12H,6,9-10H2,1-3H3. The average Bonchev–Trinajstić information content (AvgIpc) is 2.47. The number of aliphatic imine (C=N–C) groups is 1. The van der Waals surface area contributed by atoms with E-state index in [2.05, 4.69) is 43.9 Å². The number of nitrogens with zero attached hydrogens (tertiary/aromatic N) is 2.